The van der Waals surface area contributed by atoms with E-state index in [-0.39, 0.29) is 24.8 Å². The van der Waals surface area contributed by atoms with Crippen LogP contribution in [0.5, 0.6) is 0 Å². The van der Waals surface area contributed by atoms with Gasteiger partial charge < -0.3 is 15.4 Å². The molecule has 6 nitrogen and oxygen atoms in total. The van der Waals surface area contributed by atoms with Crippen molar-refractivity contribution in [1.82, 2.24) is 10.6 Å². The van der Waals surface area contributed by atoms with E-state index in [1.807, 2.05) is 0 Å². The van der Waals surface area contributed by atoms with Crippen molar-refractivity contribution in [3.8, 4) is 0 Å². The highest BCUT2D eigenvalue weighted by molar-refractivity contribution is 9.10. The largest absolute Gasteiger partial charge is 0.467 e. The number of hydrogen-bond donors (Lipinski definition) is 2. The summed E-state index contributed by atoms with van der Waals surface area (Å²) in [6.45, 7) is 3.57. The Hall–Kier alpha value is -1.89. The summed E-state index contributed by atoms with van der Waals surface area (Å²) >= 11 is 3.30. The zero-order chi connectivity index (χ0) is 17.5. The molecule has 1 aromatic rings. The lowest BCUT2D eigenvalue weighted by Gasteiger charge is -2.26. The van der Waals surface area contributed by atoms with Crippen molar-refractivity contribution in [1.29, 1.82) is 0 Å². The van der Waals surface area contributed by atoms with Gasteiger partial charge in [-0.2, -0.15) is 0 Å². The molecule has 0 aliphatic heterocycles. The Bertz CT molecular complexity index is 574. The van der Waals surface area contributed by atoms with Gasteiger partial charge in [0.15, 0.2) is 0 Å². The van der Waals surface area contributed by atoms with Gasteiger partial charge in [0.05, 0.1) is 7.11 Å². The van der Waals surface area contributed by atoms with E-state index in [0.29, 0.717) is 12.0 Å². The minimum atomic E-state index is -1.05. The summed E-state index contributed by atoms with van der Waals surface area (Å²) in [6, 6.07) is 6.91. The third-order valence-electron chi connectivity index (χ3n) is 3.50. The number of hydrogen-bond acceptors (Lipinski definition) is 4. The van der Waals surface area contributed by atoms with Crippen LogP contribution >= 0.6 is 15.9 Å². The van der Waals surface area contributed by atoms with Gasteiger partial charge in [-0.25, -0.2) is 4.79 Å². The minimum Gasteiger partial charge on any atom is -0.467 e. The summed E-state index contributed by atoms with van der Waals surface area (Å²) in [6.07, 6.45) is 0.492. The fraction of sp³-hybridized carbons (Fsp3) is 0.438. The number of methoxy groups -OCH3 is 1. The van der Waals surface area contributed by atoms with Crippen LogP contribution in [-0.2, 0) is 14.3 Å². The van der Waals surface area contributed by atoms with Gasteiger partial charge >= 0.3 is 5.97 Å². The highest BCUT2D eigenvalue weighted by Crippen LogP contribution is 2.12. The first-order valence-corrected chi connectivity index (χ1v) is 8.05. The lowest BCUT2D eigenvalue weighted by Crippen LogP contribution is -2.52. The number of carbonyl (C=O) groups excluding carboxylic acids is 3. The molecule has 0 aromatic heterocycles. The normalized spacial score (nSPS) is 12.9. The SMILES string of the molecule is CCC(C)(NC(=O)CCNC(=O)c1ccc(Br)cc1)C(=O)OC. The van der Waals surface area contributed by atoms with E-state index in [2.05, 4.69) is 26.6 Å². The second-order valence-electron chi connectivity index (χ2n) is 5.24. The van der Waals surface area contributed by atoms with Gasteiger partial charge in [-0.05, 0) is 37.6 Å². The maximum absolute atomic E-state index is 11.9. The van der Waals surface area contributed by atoms with Crippen molar-refractivity contribution in [2.45, 2.75) is 32.2 Å². The number of ether oxygens (including phenoxy) is 1. The maximum atomic E-state index is 11.9. The van der Waals surface area contributed by atoms with Crippen LogP contribution in [0.4, 0.5) is 0 Å². The van der Waals surface area contributed by atoms with Crippen LogP contribution in [0.2, 0.25) is 0 Å². The van der Waals surface area contributed by atoms with Gasteiger partial charge in [0.1, 0.15) is 5.54 Å². The molecule has 126 valence electrons. The van der Waals surface area contributed by atoms with Crippen LogP contribution in [0.1, 0.15) is 37.0 Å². The molecule has 2 amide bonds. The molecular weight excluding hydrogens is 364 g/mol. The Labute approximate surface area is 144 Å². The average molecular weight is 385 g/mol. The Morgan fingerprint density at radius 3 is 2.35 bits per heavy atom. The molecule has 0 aliphatic rings. The summed E-state index contributed by atoms with van der Waals surface area (Å²) in [5.74, 6) is -1.07. The van der Waals surface area contributed by atoms with E-state index in [1.54, 1.807) is 38.1 Å². The van der Waals surface area contributed by atoms with Gasteiger partial charge in [0.2, 0.25) is 5.91 Å². The number of nitrogens with one attached hydrogen (secondary N) is 2. The molecule has 7 heteroatoms. The maximum Gasteiger partial charge on any atom is 0.331 e. The fourth-order valence-corrected chi connectivity index (χ4v) is 2.14. The average Bonchev–Trinajstić information content (AvgIpc) is 2.54. The molecule has 0 radical (unpaired) electrons. The van der Waals surface area contributed by atoms with Crippen LogP contribution in [0.15, 0.2) is 28.7 Å². The van der Waals surface area contributed by atoms with Gasteiger partial charge in [-0.1, -0.05) is 22.9 Å². The van der Waals surface area contributed by atoms with E-state index in [0.717, 1.165) is 4.47 Å². The summed E-state index contributed by atoms with van der Waals surface area (Å²) in [4.78, 5) is 35.5. The van der Waals surface area contributed by atoms with Crippen LogP contribution in [0, 0.1) is 0 Å². The Kier molecular flexibility index (Phi) is 7.22. The van der Waals surface area contributed by atoms with Crippen molar-refractivity contribution in [3.05, 3.63) is 34.3 Å². The quantitative estimate of drug-likeness (QED) is 0.704. The first-order chi connectivity index (χ1) is 10.8. The van der Waals surface area contributed by atoms with Gasteiger partial charge in [-0.15, -0.1) is 0 Å². The van der Waals surface area contributed by atoms with Crippen molar-refractivity contribution < 1.29 is 19.1 Å². The Morgan fingerprint density at radius 2 is 1.83 bits per heavy atom. The number of esters is 1. The van der Waals surface area contributed by atoms with E-state index in [9.17, 15) is 14.4 Å². The van der Waals surface area contributed by atoms with Crippen molar-refractivity contribution in [3.63, 3.8) is 0 Å². The Balaban J connectivity index is 2.46. The molecular formula is C16H21BrN2O4. The van der Waals surface area contributed by atoms with Gasteiger partial charge in [0, 0.05) is 23.0 Å². The van der Waals surface area contributed by atoms with E-state index in [4.69, 9.17) is 4.74 Å². The van der Waals surface area contributed by atoms with Gasteiger partial charge in [0.25, 0.3) is 5.91 Å². The van der Waals surface area contributed by atoms with E-state index in [1.165, 1.54) is 7.11 Å². The first-order valence-electron chi connectivity index (χ1n) is 7.25. The number of benzene rings is 1. The number of carbonyl (C=O) groups is 3. The number of rotatable bonds is 7. The van der Waals surface area contributed by atoms with E-state index < -0.39 is 11.5 Å². The molecule has 1 atom stereocenters. The van der Waals surface area contributed by atoms with Crippen LogP contribution in [0.25, 0.3) is 0 Å². The zero-order valence-electron chi connectivity index (χ0n) is 13.4. The molecule has 0 saturated carbocycles. The lowest BCUT2D eigenvalue weighted by atomic mass is 9.99. The molecule has 0 saturated heterocycles. The highest BCUT2D eigenvalue weighted by atomic mass is 79.9. The monoisotopic (exact) mass is 384 g/mol. The van der Waals surface area contributed by atoms with Gasteiger partial charge in [-0.3, -0.25) is 9.59 Å². The highest BCUT2D eigenvalue weighted by Gasteiger charge is 2.33. The van der Waals surface area contributed by atoms with Crippen LogP contribution in [-0.4, -0.2) is 37.0 Å². The smallest absolute Gasteiger partial charge is 0.331 e. The minimum absolute atomic E-state index is 0.0782. The van der Waals surface area contributed by atoms with Crippen LogP contribution in [0.3, 0.4) is 0 Å². The van der Waals surface area contributed by atoms with Crippen molar-refractivity contribution in [2.24, 2.45) is 0 Å². The number of halogens is 1. The Morgan fingerprint density at radius 1 is 1.22 bits per heavy atom. The van der Waals surface area contributed by atoms with Crippen LogP contribution < -0.4 is 10.6 Å². The summed E-state index contributed by atoms with van der Waals surface area (Å²) in [5.41, 5.74) is -0.539. The molecule has 2 N–H and O–H groups in total. The predicted octanol–water partition coefficient (Wildman–Crippen LogP) is 2.03. The molecule has 0 aliphatic carbocycles. The molecule has 1 unspecified atom stereocenters. The third-order valence-corrected chi connectivity index (χ3v) is 4.03. The molecule has 0 bridgehead atoms. The second kappa shape index (κ2) is 8.67. The summed E-state index contributed by atoms with van der Waals surface area (Å²) in [7, 11) is 1.28. The molecule has 1 rings (SSSR count). The molecule has 0 spiro atoms. The third kappa shape index (κ3) is 5.67. The van der Waals surface area contributed by atoms with E-state index >= 15 is 0 Å². The van der Waals surface area contributed by atoms with Crippen molar-refractivity contribution in [2.75, 3.05) is 13.7 Å². The first kappa shape index (κ1) is 19.2. The lowest BCUT2D eigenvalue weighted by molar-refractivity contribution is -0.150. The number of amides is 2. The molecule has 0 heterocycles. The summed E-state index contributed by atoms with van der Waals surface area (Å²) in [5, 5.41) is 5.31. The fourth-order valence-electron chi connectivity index (χ4n) is 1.87. The second-order valence-corrected chi connectivity index (χ2v) is 6.15. The molecule has 1 aromatic carbocycles. The molecule has 0 fully saturated rings. The van der Waals surface area contributed by atoms with Crippen molar-refractivity contribution >= 4 is 33.7 Å². The molecule has 23 heavy (non-hydrogen) atoms. The predicted molar refractivity (Wildman–Crippen MR) is 89.9 cm³/mol. The zero-order valence-corrected chi connectivity index (χ0v) is 15.0. The topological polar surface area (TPSA) is 84.5 Å². The standard InChI is InChI=1S/C16H21BrN2O4/c1-4-16(2,15(22)23-3)19-13(20)9-10-18-14(21)11-5-7-12(17)8-6-11/h5-8H,4,9-10H2,1-3H3,(H,18,21)(H,19,20). The summed E-state index contributed by atoms with van der Waals surface area (Å²) < 4.78 is 5.57.